The Kier molecular flexibility index (Phi) is 8.77. The second-order valence-electron chi connectivity index (χ2n) is 5.59. The average Bonchev–Trinajstić information content (AvgIpc) is 2.51. The zero-order valence-electron chi connectivity index (χ0n) is 14.6. The molecule has 0 saturated heterocycles. The van der Waals surface area contributed by atoms with Gasteiger partial charge in [0.25, 0.3) is 0 Å². The van der Waals surface area contributed by atoms with Crippen LogP contribution < -0.4 is 0 Å². The van der Waals surface area contributed by atoms with E-state index in [4.69, 9.17) is 9.47 Å². The standard InChI is InChI=1S/C17H29NO4/c1-7-12(5)17(13(6)8-2,16(20)22-10-4)14(11-18)15(19)21-9-3/h12-14H,7-10H2,1-6H3. The Morgan fingerprint density at radius 2 is 1.45 bits per heavy atom. The maximum atomic E-state index is 12.8. The molecular weight excluding hydrogens is 282 g/mol. The van der Waals surface area contributed by atoms with E-state index >= 15 is 0 Å². The van der Waals surface area contributed by atoms with Gasteiger partial charge in [0.2, 0.25) is 0 Å². The van der Waals surface area contributed by atoms with Crippen molar-refractivity contribution in [2.75, 3.05) is 13.2 Å². The normalized spacial score (nSPS) is 17.5. The van der Waals surface area contributed by atoms with Crippen LogP contribution in [0.4, 0.5) is 0 Å². The van der Waals surface area contributed by atoms with Gasteiger partial charge in [0.1, 0.15) is 0 Å². The van der Waals surface area contributed by atoms with E-state index in [1.165, 1.54) is 0 Å². The highest BCUT2D eigenvalue weighted by Gasteiger charge is 2.57. The van der Waals surface area contributed by atoms with Gasteiger partial charge in [0.05, 0.1) is 24.7 Å². The Morgan fingerprint density at radius 3 is 1.77 bits per heavy atom. The fraction of sp³-hybridized carbons (Fsp3) is 0.824. The monoisotopic (exact) mass is 311 g/mol. The molecule has 5 heteroatoms. The molecule has 0 aliphatic rings. The second-order valence-corrected chi connectivity index (χ2v) is 5.59. The van der Waals surface area contributed by atoms with Crippen LogP contribution in [0.2, 0.25) is 0 Å². The van der Waals surface area contributed by atoms with E-state index in [-0.39, 0.29) is 25.0 Å². The molecule has 0 amide bonds. The Balaban J connectivity index is 6.17. The molecule has 22 heavy (non-hydrogen) atoms. The molecule has 0 saturated carbocycles. The zero-order valence-corrected chi connectivity index (χ0v) is 14.6. The van der Waals surface area contributed by atoms with Crippen LogP contribution in [-0.2, 0) is 19.1 Å². The fourth-order valence-electron chi connectivity index (χ4n) is 3.09. The highest BCUT2D eigenvalue weighted by Crippen LogP contribution is 2.47. The van der Waals surface area contributed by atoms with Crippen molar-refractivity contribution in [3.05, 3.63) is 0 Å². The molecule has 0 heterocycles. The largest absolute Gasteiger partial charge is 0.466 e. The van der Waals surface area contributed by atoms with Crippen LogP contribution in [0.3, 0.4) is 0 Å². The molecular formula is C17H29NO4. The summed E-state index contributed by atoms with van der Waals surface area (Å²) in [5.41, 5.74) is -1.18. The zero-order chi connectivity index (χ0) is 17.3. The number of hydrogen-bond acceptors (Lipinski definition) is 5. The number of carbonyl (C=O) groups is 2. The Labute approximate surface area is 134 Å². The number of hydrogen-bond donors (Lipinski definition) is 0. The average molecular weight is 311 g/mol. The molecule has 0 aromatic carbocycles. The van der Waals surface area contributed by atoms with Gasteiger partial charge in [0.15, 0.2) is 5.92 Å². The number of nitriles is 1. The molecule has 0 aliphatic heterocycles. The molecule has 3 atom stereocenters. The Bertz CT molecular complexity index is 403. The summed E-state index contributed by atoms with van der Waals surface area (Å²) in [4.78, 5) is 25.1. The van der Waals surface area contributed by atoms with E-state index in [1.807, 2.05) is 33.8 Å². The van der Waals surface area contributed by atoms with Gasteiger partial charge in [-0.2, -0.15) is 5.26 Å². The van der Waals surface area contributed by atoms with Gasteiger partial charge in [-0.25, -0.2) is 0 Å². The van der Waals surface area contributed by atoms with Crippen molar-refractivity contribution < 1.29 is 19.1 Å². The molecule has 0 radical (unpaired) electrons. The molecule has 0 spiro atoms. The number of ether oxygens (including phenoxy) is 2. The predicted molar refractivity (Wildman–Crippen MR) is 83.7 cm³/mol. The summed E-state index contributed by atoms with van der Waals surface area (Å²) >= 11 is 0. The maximum Gasteiger partial charge on any atom is 0.324 e. The third kappa shape index (κ3) is 3.79. The first-order chi connectivity index (χ1) is 10.4. The predicted octanol–water partition coefficient (Wildman–Crippen LogP) is 3.33. The summed E-state index contributed by atoms with van der Waals surface area (Å²) in [6.07, 6.45) is 1.33. The molecule has 0 bridgehead atoms. The van der Waals surface area contributed by atoms with Crippen LogP contribution in [0.25, 0.3) is 0 Å². The quantitative estimate of drug-likeness (QED) is 0.610. The highest BCUT2D eigenvalue weighted by atomic mass is 16.5. The molecule has 0 aromatic rings. The summed E-state index contributed by atoms with van der Waals surface area (Å²) in [5.74, 6) is -2.61. The lowest BCUT2D eigenvalue weighted by atomic mass is 9.59. The number of nitrogens with zero attached hydrogens (tertiary/aromatic N) is 1. The van der Waals surface area contributed by atoms with E-state index in [0.29, 0.717) is 12.8 Å². The van der Waals surface area contributed by atoms with E-state index in [1.54, 1.807) is 13.8 Å². The van der Waals surface area contributed by atoms with Crippen molar-refractivity contribution in [2.24, 2.45) is 23.2 Å². The lowest BCUT2D eigenvalue weighted by molar-refractivity contribution is -0.176. The highest BCUT2D eigenvalue weighted by molar-refractivity contribution is 5.88. The minimum atomic E-state index is -1.18. The van der Waals surface area contributed by atoms with Gasteiger partial charge in [-0.05, 0) is 25.7 Å². The summed E-state index contributed by atoms with van der Waals surface area (Å²) in [5, 5.41) is 9.61. The minimum Gasteiger partial charge on any atom is -0.466 e. The van der Waals surface area contributed by atoms with Gasteiger partial charge in [0, 0.05) is 0 Å². The topological polar surface area (TPSA) is 76.4 Å². The van der Waals surface area contributed by atoms with Crippen LogP contribution in [-0.4, -0.2) is 25.2 Å². The van der Waals surface area contributed by atoms with Crippen LogP contribution in [0.15, 0.2) is 0 Å². The van der Waals surface area contributed by atoms with Crippen molar-refractivity contribution in [1.82, 2.24) is 0 Å². The second kappa shape index (κ2) is 9.45. The molecule has 5 nitrogen and oxygen atoms in total. The van der Waals surface area contributed by atoms with Crippen molar-refractivity contribution in [1.29, 1.82) is 5.26 Å². The molecule has 0 rings (SSSR count). The first kappa shape index (κ1) is 20.4. The third-order valence-electron chi connectivity index (χ3n) is 4.61. The SMILES string of the molecule is CCOC(=O)C(C#N)C(C(=O)OCC)(C(C)CC)C(C)CC. The smallest absolute Gasteiger partial charge is 0.324 e. The number of esters is 2. The molecule has 126 valence electrons. The Morgan fingerprint density at radius 1 is 1.00 bits per heavy atom. The molecule has 0 aliphatic carbocycles. The van der Waals surface area contributed by atoms with Gasteiger partial charge in [-0.15, -0.1) is 0 Å². The van der Waals surface area contributed by atoms with Crippen LogP contribution in [0, 0.1) is 34.5 Å². The summed E-state index contributed by atoms with van der Waals surface area (Å²) in [7, 11) is 0. The first-order valence-corrected chi connectivity index (χ1v) is 8.11. The van der Waals surface area contributed by atoms with Crippen molar-refractivity contribution in [3.63, 3.8) is 0 Å². The van der Waals surface area contributed by atoms with Gasteiger partial charge < -0.3 is 9.47 Å². The molecule has 3 unspecified atom stereocenters. The third-order valence-corrected chi connectivity index (χ3v) is 4.61. The lowest BCUT2D eigenvalue weighted by Gasteiger charge is -2.43. The van der Waals surface area contributed by atoms with Crippen molar-refractivity contribution >= 4 is 11.9 Å². The van der Waals surface area contributed by atoms with Crippen LogP contribution >= 0.6 is 0 Å². The maximum absolute atomic E-state index is 12.8. The first-order valence-electron chi connectivity index (χ1n) is 8.11. The van der Waals surface area contributed by atoms with Gasteiger partial charge in [-0.3, -0.25) is 9.59 Å². The van der Waals surface area contributed by atoms with E-state index in [2.05, 4.69) is 0 Å². The van der Waals surface area contributed by atoms with Crippen LogP contribution in [0.1, 0.15) is 54.4 Å². The lowest BCUT2D eigenvalue weighted by Crippen LogP contribution is -2.52. The number of carbonyl (C=O) groups excluding carboxylic acids is 2. The summed E-state index contributed by atoms with van der Waals surface area (Å²) in [6, 6.07) is 2.02. The van der Waals surface area contributed by atoms with E-state index in [0.717, 1.165) is 0 Å². The van der Waals surface area contributed by atoms with E-state index < -0.39 is 23.3 Å². The number of rotatable bonds is 9. The van der Waals surface area contributed by atoms with Gasteiger partial charge in [-0.1, -0.05) is 40.5 Å². The fourth-order valence-corrected chi connectivity index (χ4v) is 3.09. The van der Waals surface area contributed by atoms with Crippen molar-refractivity contribution in [3.8, 4) is 6.07 Å². The molecule has 0 N–H and O–H groups in total. The summed E-state index contributed by atoms with van der Waals surface area (Å²) < 4.78 is 10.3. The Hall–Kier alpha value is -1.57. The van der Waals surface area contributed by atoms with Gasteiger partial charge >= 0.3 is 11.9 Å². The van der Waals surface area contributed by atoms with Crippen molar-refractivity contribution in [2.45, 2.75) is 54.4 Å². The minimum absolute atomic E-state index is 0.171. The summed E-state index contributed by atoms with van der Waals surface area (Å²) in [6.45, 7) is 11.5. The molecule has 0 aromatic heterocycles. The molecule has 0 fully saturated rings. The van der Waals surface area contributed by atoms with Crippen LogP contribution in [0.5, 0.6) is 0 Å². The van der Waals surface area contributed by atoms with E-state index in [9.17, 15) is 14.9 Å².